The second-order valence-corrected chi connectivity index (χ2v) is 8.32. The predicted octanol–water partition coefficient (Wildman–Crippen LogP) is 3.07. The third kappa shape index (κ3) is 4.11. The van der Waals surface area contributed by atoms with Crippen LogP contribution < -0.4 is 0 Å². The third-order valence-electron chi connectivity index (χ3n) is 6.56. The summed E-state index contributed by atoms with van der Waals surface area (Å²) < 4.78 is 17.7. The van der Waals surface area contributed by atoms with E-state index in [4.69, 9.17) is 14.2 Å². The number of fused-ring (bicyclic) bond motifs is 1. The Bertz CT molecular complexity index is 790. The largest absolute Gasteiger partial charge is 0.379 e. The normalized spacial score (nSPS) is 32.4. The Kier molecular flexibility index (Phi) is 5.66. The summed E-state index contributed by atoms with van der Waals surface area (Å²) >= 11 is 0. The van der Waals surface area contributed by atoms with E-state index in [-0.39, 0.29) is 12.2 Å². The molecule has 0 spiro atoms. The van der Waals surface area contributed by atoms with Gasteiger partial charge in [-0.25, -0.2) is 0 Å². The molecule has 1 saturated carbocycles. The molecule has 3 fully saturated rings. The molecule has 2 aromatic carbocycles. The molecular weight excluding hydrogens is 366 g/mol. The first-order valence-corrected chi connectivity index (χ1v) is 10.7. The van der Waals surface area contributed by atoms with Gasteiger partial charge in [-0.3, -0.25) is 4.90 Å². The second-order valence-electron chi connectivity index (χ2n) is 8.32. The molecule has 2 saturated heterocycles. The van der Waals surface area contributed by atoms with Crippen molar-refractivity contribution >= 4 is 0 Å². The number of aliphatic hydroxyl groups excluding tert-OH is 1. The molecule has 0 amide bonds. The van der Waals surface area contributed by atoms with E-state index in [2.05, 4.69) is 53.4 Å². The van der Waals surface area contributed by atoms with E-state index >= 15 is 0 Å². The molecule has 5 atom stereocenters. The SMILES string of the molecule is OC1C[C@H]2[C@H](N3CCOCC3)[C@@H](OCc3ccc(-c4ccccc4)cc3)C[C@H]2O1. The number of rotatable bonds is 5. The van der Waals surface area contributed by atoms with Crippen LogP contribution in [0.15, 0.2) is 54.6 Å². The molecule has 2 aliphatic heterocycles. The summed E-state index contributed by atoms with van der Waals surface area (Å²) in [6, 6.07) is 19.4. The van der Waals surface area contributed by atoms with E-state index in [9.17, 15) is 5.11 Å². The van der Waals surface area contributed by atoms with Gasteiger partial charge in [-0.2, -0.15) is 0 Å². The number of hydrogen-bond acceptors (Lipinski definition) is 5. The molecule has 2 aromatic rings. The van der Waals surface area contributed by atoms with Crippen molar-refractivity contribution in [1.82, 2.24) is 4.90 Å². The summed E-state index contributed by atoms with van der Waals surface area (Å²) in [7, 11) is 0. The van der Waals surface area contributed by atoms with Crippen molar-refractivity contribution in [3.63, 3.8) is 0 Å². The van der Waals surface area contributed by atoms with Gasteiger partial charge in [0.2, 0.25) is 0 Å². The minimum Gasteiger partial charge on any atom is -0.379 e. The summed E-state index contributed by atoms with van der Waals surface area (Å²) in [6.07, 6.45) is 1.16. The Balaban J connectivity index is 1.25. The molecule has 5 rings (SSSR count). The topological polar surface area (TPSA) is 51.2 Å². The third-order valence-corrected chi connectivity index (χ3v) is 6.56. The Labute approximate surface area is 172 Å². The molecule has 2 heterocycles. The first kappa shape index (κ1) is 19.2. The van der Waals surface area contributed by atoms with Crippen LogP contribution in [0.25, 0.3) is 11.1 Å². The number of nitrogens with zero attached hydrogens (tertiary/aromatic N) is 1. The lowest BCUT2D eigenvalue weighted by molar-refractivity contribution is -0.101. The van der Waals surface area contributed by atoms with Gasteiger partial charge in [-0.15, -0.1) is 0 Å². The van der Waals surface area contributed by atoms with Crippen molar-refractivity contribution in [2.45, 2.75) is 44.0 Å². The second kappa shape index (κ2) is 8.54. The lowest BCUT2D eigenvalue weighted by Crippen LogP contribution is -2.50. The Morgan fingerprint density at radius 3 is 2.41 bits per heavy atom. The van der Waals surface area contributed by atoms with E-state index in [1.165, 1.54) is 16.7 Å². The van der Waals surface area contributed by atoms with E-state index in [0.717, 1.165) is 32.7 Å². The summed E-state index contributed by atoms with van der Waals surface area (Å²) in [5, 5.41) is 9.96. The first-order valence-electron chi connectivity index (χ1n) is 10.7. The van der Waals surface area contributed by atoms with E-state index in [1.807, 2.05) is 6.07 Å². The maximum atomic E-state index is 9.96. The Morgan fingerprint density at radius 1 is 0.931 bits per heavy atom. The van der Waals surface area contributed by atoms with Crippen LogP contribution in [0.4, 0.5) is 0 Å². The van der Waals surface area contributed by atoms with Gasteiger partial charge in [0.25, 0.3) is 0 Å². The fourth-order valence-corrected chi connectivity index (χ4v) is 5.15. The minimum absolute atomic E-state index is 0.100. The first-order chi connectivity index (χ1) is 14.3. The maximum absolute atomic E-state index is 9.96. The molecular formula is C24H29NO4. The average molecular weight is 395 g/mol. The van der Waals surface area contributed by atoms with Crippen molar-refractivity contribution in [2.24, 2.45) is 5.92 Å². The van der Waals surface area contributed by atoms with Crippen LogP contribution in [0, 0.1) is 5.92 Å². The van der Waals surface area contributed by atoms with Crippen LogP contribution in [0.5, 0.6) is 0 Å². The van der Waals surface area contributed by atoms with Crippen LogP contribution in [0.1, 0.15) is 18.4 Å². The molecule has 154 valence electrons. The van der Waals surface area contributed by atoms with Crippen molar-refractivity contribution in [2.75, 3.05) is 26.3 Å². The molecule has 1 aliphatic carbocycles. The molecule has 0 aromatic heterocycles. The monoisotopic (exact) mass is 395 g/mol. The summed E-state index contributed by atoms with van der Waals surface area (Å²) in [4.78, 5) is 2.48. The van der Waals surface area contributed by atoms with Gasteiger partial charge in [-0.1, -0.05) is 54.6 Å². The molecule has 0 radical (unpaired) electrons. The number of benzene rings is 2. The van der Waals surface area contributed by atoms with Crippen molar-refractivity contribution in [3.8, 4) is 11.1 Å². The fraction of sp³-hybridized carbons (Fsp3) is 0.500. The molecule has 1 unspecified atom stereocenters. The molecule has 1 N–H and O–H groups in total. The van der Waals surface area contributed by atoms with Gasteiger partial charge in [-0.05, 0) is 16.7 Å². The highest BCUT2D eigenvalue weighted by molar-refractivity contribution is 5.63. The van der Waals surface area contributed by atoms with Gasteiger partial charge in [0.1, 0.15) is 0 Å². The highest BCUT2D eigenvalue weighted by Gasteiger charge is 2.52. The Morgan fingerprint density at radius 2 is 1.66 bits per heavy atom. The summed E-state index contributed by atoms with van der Waals surface area (Å²) in [6.45, 7) is 3.99. The average Bonchev–Trinajstić information content (AvgIpc) is 3.29. The van der Waals surface area contributed by atoms with Crippen molar-refractivity contribution < 1.29 is 19.3 Å². The fourth-order valence-electron chi connectivity index (χ4n) is 5.15. The smallest absolute Gasteiger partial charge is 0.155 e. The van der Waals surface area contributed by atoms with Crippen LogP contribution in [-0.4, -0.2) is 60.8 Å². The standard InChI is InChI=1S/C24H29NO4/c26-23-14-20-21(29-23)15-22(24(20)25-10-12-27-13-11-25)28-16-17-6-8-19(9-7-17)18-4-2-1-3-5-18/h1-9,20-24,26H,10-16H2/t20-,21-,22+,23?,24+/m1/s1. The molecule has 5 heteroatoms. The van der Waals surface area contributed by atoms with Gasteiger partial charge in [0.15, 0.2) is 6.29 Å². The Hall–Kier alpha value is -1.76. The number of aliphatic hydroxyl groups is 1. The van der Waals surface area contributed by atoms with Gasteiger partial charge in [0, 0.05) is 37.9 Å². The van der Waals surface area contributed by atoms with E-state index in [1.54, 1.807) is 0 Å². The van der Waals surface area contributed by atoms with E-state index in [0.29, 0.717) is 25.0 Å². The predicted molar refractivity (Wildman–Crippen MR) is 110 cm³/mol. The lowest BCUT2D eigenvalue weighted by atomic mass is 9.97. The van der Waals surface area contributed by atoms with Gasteiger partial charge < -0.3 is 19.3 Å². The van der Waals surface area contributed by atoms with Gasteiger partial charge >= 0.3 is 0 Å². The molecule has 0 bridgehead atoms. The highest BCUT2D eigenvalue weighted by atomic mass is 16.6. The van der Waals surface area contributed by atoms with Crippen LogP contribution in [0.3, 0.4) is 0 Å². The number of ether oxygens (including phenoxy) is 3. The molecule has 5 nitrogen and oxygen atoms in total. The summed E-state index contributed by atoms with van der Waals surface area (Å²) in [5.41, 5.74) is 3.63. The van der Waals surface area contributed by atoms with E-state index < -0.39 is 6.29 Å². The summed E-state index contributed by atoms with van der Waals surface area (Å²) in [5.74, 6) is 0.341. The van der Waals surface area contributed by atoms with Crippen LogP contribution in [-0.2, 0) is 20.8 Å². The van der Waals surface area contributed by atoms with Crippen LogP contribution >= 0.6 is 0 Å². The molecule has 3 aliphatic rings. The molecule has 29 heavy (non-hydrogen) atoms. The number of morpholine rings is 1. The van der Waals surface area contributed by atoms with Crippen molar-refractivity contribution in [3.05, 3.63) is 60.2 Å². The highest BCUT2D eigenvalue weighted by Crippen LogP contribution is 2.43. The zero-order valence-corrected chi connectivity index (χ0v) is 16.7. The minimum atomic E-state index is -0.625. The lowest BCUT2D eigenvalue weighted by Gasteiger charge is -2.38. The zero-order chi connectivity index (χ0) is 19.6. The van der Waals surface area contributed by atoms with Gasteiger partial charge in [0.05, 0.1) is 32.0 Å². The number of hydrogen-bond donors (Lipinski definition) is 1. The zero-order valence-electron chi connectivity index (χ0n) is 16.7. The van der Waals surface area contributed by atoms with Crippen LogP contribution in [0.2, 0.25) is 0 Å². The maximum Gasteiger partial charge on any atom is 0.155 e. The quantitative estimate of drug-likeness (QED) is 0.843. The van der Waals surface area contributed by atoms with Crippen molar-refractivity contribution in [1.29, 1.82) is 0 Å².